The second-order valence-electron chi connectivity index (χ2n) is 6.25. The quantitative estimate of drug-likeness (QED) is 0.924. The van der Waals surface area contributed by atoms with E-state index < -0.39 is 0 Å². The molecule has 116 valence electrons. The Morgan fingerprint density at radius 1 is 1.24 bits per heavy atom. The number of anilines is 2. The molecule has 5 heteroatoms. The first-order valence-electron chi connectivity index (χ1n) is 8.09. The molecule has 0 spiro atoms. The zero-order valence-corrected chi connectivity index (χ0v) is 13.1. The maximum atomic E-state index is 5.18. The van der Waals surface area contributed by atoms with Crippen molar-refractivity contribution in [2.45, 2.75) is 38.7 Å². The lowest BCUT2D eigenvalue weighted by atomic mass is 9.75. The second-order valence-corrected chi connectivity index (χ2v) is 6.25. The maximum Gasteiger partial charge on any atom is 0.158 e. The number of hydrogen-bond donors (Lipinski definition) is 1. The average molecular weight is 290 g/mol. The highest BCUT2D eigenvalue weighted by Crippen LogP contribution is 2.37. The van der Waals surface area contributed by atoms with Crippen LogP contribution >= 0.6 is 0 Å². The Morgan fingerprint density at radius 3 is 2.81 bits per heavy atom. The summed E-state index contributed by atoms with van der Waals surface area (Å²) in [6.07, 6.45) is 6.95. The fourth-order valence-corrected chi connectivity index (χ4v) is 3.78. The third kappa shape index (κ3) is 3.28. The standard InChI is InChI=1S/C16H26N4O/c1-17-14-9-16(19-15(18-14)11-21-2)20-8-7-12-5-3-4-6-13(12)10-20/h9,12-13H,3-8,10-11H2,1-2H3,(H,17,18,19). The van der Waals surface area contributed by atoms with E-state index in [1.54, 1.807) is 7.11 Å². The van der Waals surface area contributed by atoms with Crippen LogP contribution in [0.1, 0.15) is 37.9 Å². The molecule has 2 aliphatic rings. The molecule has 0 aromatic carbocycles. The summed E-state index contributed by atoms with van der Waals surface area (Å²) in [7, 11) is 3.58. The van der Waals surface area contributed by atoms with Gasteiger partial charge in [-0.3, -0.25) is 0 Å². The van der Waals surface area contributed by atoms with Gasteiger partial charge in [0.15, 0.2) is 5.82 Å². The van der Waals surface area contributed by atoms with Gasteiger partial charge in [0, 0.05) is 33.3 Å². The van der Waals surface area contributed by atoms with E-state index in [-0.39, 0.29) is 0 Å². The largest absolute Gasteiger partial charge is 0.377 e. The zero-order valence-electron chi connectivity index (χ0n) is 13.1. The molecule has 0 bridgehead atoms. The summed E-state index contributed by atoms with van der Waals surface area (Å²) in [5.74, 6) is 4.47. The van der Waals surface area contributed by atoms with E-state index in [0.717, 1.165) is 42.4 Å². The van der Waals surface area contributed by atoms with E-state index in [9.17, 15) is 0 Å². The molecule has 1 saturated carbocycles. The smallest absolute Gasteiger partial charge is 0.158 e. The topological polar surface area (TPSA) is 50.3 Å². The van der Waals surface area contributed by atoms with Crippen LogP contribution in [0.3, 0.4) is 0 Å². The molecular formula is C16H26N4O. The predicted molar refractivity (Wildman–Crippen MR) is 84.6 cm³/mol. The fraction of sp³-hybridized carbons (Fsp3) is 0.750. The van der Waals surface area contributed by atoms with E-state index in [2.05, 4.69) is 26.3 Å². The van der Waals surface area contributed by atoms with Crippen molar-refractivity contribution >= 4 is 11.6 Å². The highest BCUT2D eigenvalue weighted by Gasteiger charge is 2.31. The lowest BCUT2D eigenvalue weighted by molar-refractivity contribution is 0.177. The van der Waals surface area contributed by atoms with Crippen LogP contribution in [-0.4, -0.2) is 37.2 Å². The highest BCUT2D eigenvalue weighted by atomic mass is 16.5. The van der Waals surface area contributed by atoms with Crippen LogP contribution in [0.5, 0.6) is 0 Å². The van der Waals surface area contributed by atoms with Gasteiger partial charge in [-0.05, 0) is 24.7 Å². The minimum atomic E-state index is 0.461. The van der Waals surface area contributed by atoms with Gasteiger partial charge in [-0.25, -0.2) is 9.97 Å². The number of methoxy groups -OCH3 is 1. The van der Waals surface area contributed by atoms with Crippen molar-refractivity contribution in [1.82, 2.24) is 9.97 Å². The summed E-state index contributed by atoms with van der Waals surface area (Å²) in [6.45, 7) is 2.73. The lowest BCUT2D eigenvalue weighted by Crippen LogP contribution is -2.42. The Balaban J connectivity index is 1.77. The van der Waals surface area contributed by atoms with E-state index >= 15 is 0 Å². The van der Waals surface area contributed by atoms with E-state index in [4.69, 9.17) is 4.74 Å². The summed E-state index contributed by atoms with van der Waals surface area (Å²) in [5.41, 5.74) is 0. The van der Waals surface area contributed by atoms with Crippen LogP contribution in [0.25, 0.3) is 0 Å². The van der Waals surface area contributed by atoms with Crippen LogP contribution < -0.4 is 10.2 Å². The Hall–Kier alpha value is -1.36. The minimum Gasteiger partial charge on any atom is -0.377 e. The Kier molecular flexibility index (Phi) is 4.58. The summed E-state index contributed by atoms with van der Waals surface area (Å²) in [4.78, 5) is 11.6. The Labute approximate surface area is 127 Å². The normalized spacial score (nSPS) is 25.5. The van der Waals surface area contributed by atoms with Crippen molar-refractivity contribution in [3.8, 4) is 0 Å². The zero-order chi connectivity index (χ0) is 14.7. The van der Waals surface area contributed by atoms with Crippen molar-refractivity contribution in [1.29, 1.82) is 0 Å². The molecule has 21 heavy (non-hydrogen) atoms. The third-order valence-corrected chi connectivity index (χ3v) is 4.90. The number of rotatable bonds is 4. The Bertz CT molecular complexity index is 479. The molecule has 1 aliphatic heterocycles. The number of piperidine rings is 1. The minimum absolute atomic E-state index is 0.461. The molecule has 1 aromatic heterocycles. The summed E-state index contributed by atoms with van der Waals surface area (Å²) < 4.78 is 5.18. The van der Waals surface area contributed by atoms with Crippen molar-refractivity contribution in [2.24, 2.45) is 11.8 Å². The third-order valence-electron chi connectivity index (χ3n) is 4.90. The molecule has 2 unspecified atom stereocenters. The van der Waals surface area contributed by atoms with E-state index in [1.807, 2.05) is 7.05 Å². The molecule has 2 heterocycles. The molecule has 2 fully saturated rings. The lowest BCUT2D eigenvalue weighted by Gasteiger charge is -2.41. The SMILES string of the molecule is CNc1cc(N2CCC3CCCCC3C2)nc(COC)n1. The molecule has 1 saturated heterocycles. The first kappa shape index (κ1) is 14.6. The van der Waals surface area contributed by atoms with E-state index in [0.29, 0.717) is 6.61 Å². The van der Waals surface area contributed by atoms with Crippen molar-refractivity contribution in [2.75, 3.05) is 37.5 Å². The second kappa shape index (κ2) is 6.60. The fourth-order valence-electron chi connectivity index (χ4n) is 3.78. The first-order chi connectivity index (χ1) is 10.3. The molecule has 1 aromatic rings. The number of hydrogen-bond acceptors (Lipinski definition) is 5. The Morgan fingerprint density at radius 2 is 2.05 bits per heavy atom. The first-order valence-corrected chi connectivity index (χ1v) is 8.09. The van der Waals surface area contributed by atoms with E-state index in [1.165, 1.54) is 32.1 Å². The molecule has 1 aliphatic carbocycles. The molecule has 5 nitrogen and oxygen atoms in total. The molecule has 0 amide bonds. The summed E-state index contributed by atoms with van der Waals surface area (Å²) in [5, 5.41) is 3.13. The molecule has 0 radical (unpaired) electrons. The van der Waals surface area contributed by atoms with Gasteiger partial charge in [0.05, 0.1) is 0 Å². The van der Waals surface area contributed by atoms with Gasteiger partial charge in [0.2, 0.25) is 0 Å². The van der Waals surface area contributed by atoms with Crippen LogP contribution in [-0.2, 0) is 11.3 Å². The number of ether oxygens (including phenoxy) is 1. The van der Waals surface area contributed by atoms with Crippen LogP contribution in [0, 0.1) is 11.8 Å². The molecule has 1 N–H and O–H groups in total. The number of fused-ring (bicyclic) bond motifs is 1. The van der Waals surface area contributed by atoms with Crippen LogP contribution in [0.15, 0.2) is 6.07 Å². The number of nitrogens with zero attached hydrogens (tertiary/aromatic N) is 3. The number of aromatic nitrogens is 2. The highest BCUT2D eigenvalue weighted by molar-refractivity contribution is 5.49. The van der Waals surface area contributed by atoms with Gasteiger partial charge in [-0.1, -0.05) is 19.3 Å². The van der Waals surface area contributed by atoms with Gasteiger partial charge in [-0.15, -0.1) is 0 Å². The summed E-state index contributed by atoms with van der Waals surface area (Å²) in [6, 6.07) is 2.06. The maximum absolute atomic E-state index is 5.18. The van der Waals surface area contributed by atoms with Gasteiger partial charge >= 0.3 is 0 Å². The van der Waals surface area contributed by atoms with Gasteiger partial charge < -0.3 is 15.0 Å². The molecule has 2 atom stereocenters. The van der Waals surface area contributed by atoms with Gasteiger partial charge in [0.1, 0.15) is 18.2 Å². The number of nitrogens with one attached hydrogen (secondary N) is 1. The van der Waals surface area contributed by atoms with Crippen LogP contribution in [0.2, 0.25) is 0 Å². The van der Waals surface area contributed by atoms with Gasteiger partial charge in [0.25, 0.3) is 0 Å². The van der Waals surface area contributed by atoms with Crippen molar-refractivity contribution < 1.29 is 4.74 Å². The van der Waals surface area contributed by atoms with Crippen molar-refractivity contribution in [3.05, 3.63) is 11.9 Å². The molecule has 3 rings (SSSR count). The van der Waals surface area contributed by atoms with Crippen molar-refractivity contribution in [3.63, 3.8) is 0 Å². The van der Waals surface area contributed by atoms with Crippen LogP contribution in [0.4, 0.5) is 11.6 Å². The predicted octanol–water partition coefficient (Wildman–Crippen LogP) is 2.68. The average Bonchev–Trinajstić information content (AvgIpc) is 2.54. The monoisotopic (exact) mass is 290 g/mol. The summed E-state index contributed by atoms with van der Waals surface area (Å²) >= 11 is 0. The molecular weight excluding hydrogens is 264 g/mol. The van der Waals surface area contributed by atoms with Gasteiger partial charge in [-0.2, -0.15) is 0 Å².